The molecule has 0 aliphatic heterocycles. The maximum atomic E-state index is 12.7. The molecule has 0 heterocycles. The number of halogens is 3. The summed E-state index contributed by atoms with van der Waals surface area (Å²) in [6.07, 6.45) is -4.74. The monoisotopic (exact) mass is 325 g/mol. The lowest BCUT2D eigenvalue weighted by Crippen LogP contribution is -2.38. The second kappa shape index (κ2) is 6.05. The highest BCUT2D eigenvalue weighted by atomic mass is 19.4. The Morgan fingerprint density at radius 3 is 2.26 bits per heavy atom. The number of carbonyl (C=O) groups is 1. The zero-order valence-electron chi connectivity index (χ0n) is 11.4. The quantitative estimate of drug-likeness (QED) is 0.406. The Bertz CT molecular complexity index is 748. The van der Waals surface area contributed by atoms with Gasteiger partial charge in [-0.25, -0.2) is 10.9 Å². The van der Waals surface area contributed by atoms with Crippen LogP contribution in [0, 0.1) is 10.1 Å². The standard InChI is InChI=1S/C14H10F3N3O3/c15-14(16,17)10-6-7-11(12(8-10)20(22)23)19(18)13(21)9-4-2-1-3-5-9/h1-8H,18H2. The molecule has 2 aromatic carbocycles. The normalized spacial score (nSPS) is 11.1. The molecule has 0 unspecified atom stereocenters. The maximum Gasteiger partial charge on any atom is 0.416 e. The zero-order chi connectivity index (χ0) is 17.2. The first kappa shape index (κ1) is 16.4. The number of nitro groups is 1. The largest absolute Gasteiger partial charge is 0.416 e. The van der Waals surface area contributed by atoms with Gasteiger partial charge >= 0.3 is 6.18 Å². The number of hydrazine groups is 1. The Morgan fingerprint density at radius 1 is 1.13 bits per heavy atom. The lowest BCUT2D eigenvalue weighted by molar-refractivity contribution is -0.384. The van der Waals surface area contributed by atoms with Gasteiger partial charge in [0.25, 0.3) is 11.6 Å². The number of hydrogen-bond acceptors (Lipinski definition) is 4. The third kappa shape index (κ3) is 3.46. The average molecular weight is 325 g/mol. The van der Waals surface area contributed by atoms with Crippen LogP contribution in [-0.2, 0) is 6.18 Å². The Hall–Kier alpha value is -2.94. The summed E-state index contributed by atoms with van der Waals surface area (Å²) in [5.74, 6) is 4.78. The Kier molecular flexibility index (Phi) is 4.32. The first-order chi connectivity index (χ1) is 10.7. The van der Waals surface area contributed by atoms with Crippen molar-refractivity contribution in [3.8, 4) is 0 Å². The van der Waals surface area contributed by atoms with Gasteiger partial charge in [-0.15, -0.1) is 0 Å². The number of anilines is 1. The van der Waals surface area contributed by atoms with E-state index in [1.165, 1.54) is 12.1 Å². The number of amides is 1. The van der Waals surface area contributed by atoms with Gasteiger partial charge in [0.15, 0.2) is 0 Å². The highest BCUT2D eigenvalue weighted by Crippen LogP contribution is 2.36. The molecule has 0 atom stereocenters. The molecule has 0 bridgehead atoms. The van der Waals surface area contributed by atoms with E-state index < -0.39 is 33.9 Å². The van der Waals surface area contributed by atoms with Crippen LogP contribution in [0.25, 0.3) is 0 Å². The second-order valence-electron chi connectivity index (χ2n) is 4.50. The fourth-order valence-electron chi connectivity index (χ4n) is 1.88. The predicted molar refractivity (Wildman–Crippen MR) is 75.5 cm³/mol. The number of rotatable bonds is 3. The van der Waals surface area contributed by atoms with Crippen molar-refractivity contribution in [2.24, 2.45) is 5.84 Å². The molecule has 120 valence electrons. The average Bonchev–Trinajstić information content (AvgIpc) is 2.52. The van der Waals surface area contributed by atoms with Crippen molar-refractivity contribution in [1.29, 1.82) is 0 Å². The number of benzene rings is 2. The van der Waals surface area contributed by atoms with Crippen LogP contribution in [0.1, 0.15) is 15.9 Å². The highest BCUT2D eigenvalue weighted by molar-refractivity contribution is 6.06. The van der Waals surface area contributed by atoms with Crippen molar-refractivity contribution < 1.29 is 22.9 Å². The molecular weight excluding hydrogens is 315 g/mol. The van der Waals surface area contributed by atoms with E-state index in [1.54, 1.807) is 18.2 Å². The van der Waals surface area contributed by atoms with Gasteiger partial charge in [-0.2, -0.15) is 13.2 Å². The zero-order valence-corrected chi connectivity index (χ0v) is 11.4. The van der Waals surface area contributed by atoms with Crippen LogP contribution in [0.5, 0.6) is 0 Å². The van der Waals surface area contributed by atoms with Crippen LogP contribution in [0.4, 0.5) is 24.5 Å². The van der Waals surface area contributed by atoms with Crippen molar-refractivity contribution in [2.45, 2.75) is 6.18 Å². The molecule has 0 fully saturated rings. The molecule has 6 nitrogen and oxygen atoms in total. The molecule has 0 spiro atoms. The van der Waals surface area contributed by atoms with E-state index >= 15 is 0 Å². The molecule has 0 radical (unpaired) electrons. The minimum absolute atomic E-state index is 0.143. The topological polar surface area (TPSA) is 89.5 Å². The maximum absolute atomic E-state index is 12.7. The molecule has 1 amide bonds. The van der Waals surface area contributed by atoms with E-state index in [-0.39, 0.29) is 5.56 Å². The van der Waals surface area contributed by atoms with Gasteiger partial charge in [0.2, 0.25) is 0 Å². The summed E-state index contributed by atoms with van der Waals surface area (Å²) >= 11 is 0. The second-order valence-corrected chi connectivity index (χ2v) is 4.50. The lowest BCUT2D eigenvalue weighted by Gasteiger charge is -2.17. The van der Waals surface area contributed by atoms with E-state index in [0.717, 1.165) is 6.07 Å². The van der Waals surface area contributed by atoms with Crippen LogP contribution < -0.4 is 10.9 Å². The summed E-state index contributed by atoms with van der Waals surface area (Å²) in [5, 5.41) is 11.5. The molecule has 0 saturated carbocycles. The van der Waals surface area contributed by atoms with Gasteiger partial charge in [0.05, 0.1) is 10.5 Å². The summed E-state index contributed by atoms with van der Waals surface area (Å²) in [5.41, 5.74) is -2.40. The summed E-state index contributed by atoms with van der Waals surface area (Å²) in [4.78, 5) is 22.1. The van der Waals surface area contributed by atoms with Crippen LogP contribution in [0.3, 0.4) is 0 Å². The Morgan fingerprint density at radius 2 is 1.74 bits per heavy atom. The molecule has 0 aliphatic carbocycles. The summed E-state index contributed by atoms with van der Waals surface area (Å²) < 4.78 is 38.0. The molecule has 0 aliphatic rings. The third-order valence-electron chi connectivity index (χ3n) is 3.00. The number of nitrogens with zero attached hydrogens (tertiary/aromatic N) is 2. The van der Waals surface area contributed by atoms with Gasteiger partial charge in [-0.05, 0) is 24.3 Å². The molecule has 2 aromatic rings. The van der Waals surface area contributed by atoms with E-state index in [0.29, 0.717) is 17.1 Å². The SMILES string of the molecule is NN(C(=O)c1ccccc1)c1ccc(C(F)(F)F)cc1[N+](=O)[O-]. The van der Waals surface area contributed by atoms with Gasteiger partial charge in [0.1, 0.15) is 5.69 Å². The minimum Gasteiger partial charge on any atom is -0.267 e. The van der Waals surface area contributed by atoms with Crippen LogP contribution >= 0.6 is 0 Å². The molecule has 0 saturated heterocycles. The van der Waals surface area contributed by atoms with Crippen molar-refractivity contribution >= 4 is 17.3 Å². The minimum atomic E-state index is -4.74. The van der Waals surface area contributed by atoms with Crippen molar-refractivity contribution in [3.63, 3.8) is 0 Å². The molecule has 2 rings (SSSR count). The Labute approximate surface area is 128 Å². The van der Waals surface area contributed by atoms with Gasteiger partial charge in [-0.1, -0.05) is 18.2 Å². The van der Waals surface area contributed by atoms with Gasteiger partial charge in [-0.3, -0.25) is 14.9 Å². The summed E-state index contributed by atoms with van der Waals surface area (Å²) in [6.45, 7) is 0. The molecule has 23 heavy (non-hydrogen) atoms. The smallest absolute Gasteiger partial charge is 0.267 e. The van der Waals surface area contributed by atoms with Crippen molar-refractivity contribution in [3.05, 3.63) is 69.8 Å². The predicted octanol–water partition coefficient (Wildman–Crippen LogP) is 3.13. The molecule has 2 N–H and O–H groups in total. The van der Waals surface area contributed by atoms with Gasteiger partial charge in [0, 0.05) is 11.6 Å². The van der Waals surface area contributed by atoms with Crippen LogP contribution in [0.2, 0.25) is 0 Å². The lowest BCUT2D eigenvalue weighted by atomic mass is 10.1. The van der Waals surface area contributed by atoms with E-state index in [1.807, 2.05) is 0 Å². The third-order valence-corrected chi connectivity index (χ3v) is 3.00. The fraction of sp³-hybridized carbons (Fsp3) is 0.0714. The Balaban J connectivity index is 2.46. The first-order valence-electron chi connectivity index (χ1n) is 6.21. The molecule has 0 aromatic heterocycles. The van der Waals surface area contributed by atoms with E-state index in [2.05, 4.69) is 0 Å². The van der Waals surface area contributed by atoms with Crippen LogP contribution in [-0.4, -0.2) is 10.8 Å². The summed E-state index contributed by atoms with van der Waals surface area (Å²) in [6, 6.07) is 9.38. The number of nitrogens with two attached hydrogens (primary N) is 1. The number of hydrogen-bond donors (Lipinski definition) is 1. The highest BCUT2D eigenvalue weighted by Gasteiger charge is 2.34. The number of carbonyl (C=O) groups excluding carboxylic acids is 1. The van der Waals surface area contributed by atoms with Crippen molar-refractivity contribution in [2.75, 3.05) is 5.01 Å². The summed E-state index contributed by atoms with van der Waals surface area (Å²) in [7, 11) is 0. The molecular formula is C14H10F3N3O3. The van der Waals surface area contributed by atoms with Crippen LogP contribution in [0.15, 0.2) is 48.5 Å². The number of alkyl halides is 3. The molecule has 9 heteroatoms. The number of nitro benzene ring substituents is 1. The van der Waals surface area contributed by atoms with E-state index in [9.17, 15) is 28.1 Å². The first-order valence-corrected chi connectivity index (χ1v) is 6.21. The van der Waals surface area contributed by atoms with Gasteiger partial charge < -0.3 is 0 Å². The fourth-order valence-corrected chi connectivity index (χ4v) is 1.88. The van der Waals surface area contributed by atoms with E-state index in [4.69, 9.17) is 5.84 Å². The van der Waals surface area contributed by atoms with Crippen molar-refractivity contribution in [1.82, 2.24) is 0 Å².